The molecule has 0 radical (unpaired) electrons. The van der Waals surface area contributed by atoms with Crippen LogP contribution in [0.4, 0.5) is 0 Å². The molecule has 0 spiro atoms. The van der Waals surface area contributed by atoms with Crippen molar-refractivity contribution in [2.24, 2.45) is 11.8 Å². The van der Waals surface area contributed by atoms with Gasteiger partial charge in [-0.1, -0.05) is 31.7 Å². The van der Waals surface area contributed by atoms with Crippen LogP contribution >= 0.6 is 0 Å². The Balaban J connectivity index is 1.31. The molecule has 3 aliphatic rings. The van der Waals surface area contributed by atoms with Gasteiger partial charge >= 0.3 is 0 Å². The first-order chi connectivity index (χ1) is 14.7. The third-order valence-corrected chi connectivity index (χ3v) is 7.25. The van der Waals surface area contributed by atoms with Gasteiger partial charge in [-0.25, -0.2) is 0 Å². The first kappa shape index (κ1) is 21.3. The van der Waals surface area contributed by atoms with Crippen molar-refractivity contribution >= 4 is 11.8 Å². The Morgan fingerprint density at radius 1 is 1.00 bits per heavy atom. The molecule has 30 heavy (non-hydrogen) atoms. The van der Waals surface area contributed by atoms with E-state index in [1.54, 1.807) is 6.20 Å². The molecule has 0 bridgehead atoms. The number of hydrogen-bond donors (Lipinski definition) is 1. The van der Waals surface area contributed by atoms with Gasteiger partial charge < -0.3 is 10.2 Å². The molecule has 4 rings (SSSR count). The van der Waals surface area contributed by atoms with Crippen molar-refractivity contribution in [2.75, 3.05) is 32.7 Å². The Morgan fingerprint density at radius 3 is 2.37 bits per heavy atom. The zero-order valence-corrected chi connectivity index (χ0v) is 18.1. The fraction of sp³-hybridized carbons (Fsp3) is 0.708. The first-order valence-corrected chi connectivity index (χ1v) is 11.9. The van der Waals surface area contributed by atoms with E-state index in [1.807, 2.05) is 18.2 Å². The second-order valence-electron chi connectivity index (χ2n) is 9.19. The third-order valence-electron chi connectivity index (χ3n) is 7.25. The standard InChI is InChI=1S/C24H36N4O2/c29-23(26-14-12-21-11-5-6-13-25-21)22(19-7-1-2-8-19)27-15-17-28(18-16-27)24(30)20-9-3-4-10-20/h5-6,11,13,19-20,22H,1-4,7-10,12,14-18H2,(H,26,29). The zero-order chi connectivity index (χ0) is 20.8. The highest BCUT2D eigenvalue weighted by molar-refractivity contribution is 5.82. The molecule has 1 aromatic rings. The largest absolute Gasteiger partial charge is 0.354 e. The molecule has 6 heteroatoms. The number of pyridine rings is 1. The Kier molecular flexibility index (Phi) is 7.37. The highest BCUT2D eigenvalue weighted by atomic mass is 16.2. The van der Waals surface area contributed by atoms with Crippen LogP contribution in [0.5, 0.6) is 0 Å². The fourth-order valence-corrected chi connectivity index (χ4v) is 5.57. The SMILES string of the molecule is O=C(NCCc1ccccn1)C(C1CCCC1)N1CCN(C(=O)C2CCCC2)CC1. The highest BCUT2D eigenvalue weighted by Gasteiger charge is 2.38. The Hall–Kier alpha value is -1.95. The lowest BCUT2D eigenvalue weighted by Gasteiger charge is -2.41. The average molecular weight is 413 g/mol. The van der Waals surface area contributed by atoms with Crippen molar-refractivity contribution in [1.29, 1.82) is 0 Å². The zero-order valence-electron chi connectivity index (χ0n) is 18.1. The summed E-state index contributed by atoms with van der Waals surface area (Å²) in [5, 5.41) is 3.18. The Bertz CT molecular complexity index is 690. The minimum atomic E-state index is -0.0556. The number of piperazine rings is 1. The highest BCUT2D eigenvalue weighted by Crippen LogP contribution is 2.32. The van der Waals surface area contributed by atoms with Crippen LogP contribution in [0.3, 0.4) is 0 Å². The summed E-state index contributed by atoms with van der Waals surface area (Å²) in [6.07, 6.45) is 11.8. The molecule has 164 valence electrons. The average Bonchev–Trinajstić information content (AvgIpc) is 3.49. The summed E-state index contributed by atoms with van der Waals surface area (Å²) in [6, 6.07) is 5.84. The van der Waals surface area contributed by atoms with Crippen LogP contribution in [0.15, 0.2) is 24.4 Å². The molecular formula is C24H36N4O2. The minimum Gasteiger partial charge on any atom is -0.354 e. The topological polar surface area (TPSA) is 65.5 Å². The molecule has 3 fully saturated rings. The van der Waals surface area contributed by atoms with Crippen LogP contribution in [0, 0.1) is 11.8 Å². The lowest BCUT2D eigenvalue weighted by Crippen LogP contribution is -2.58. The molecule has 2 saturated carbocycles. The number of carbonyl (C=O) groups is 2. The second-order valence-corrected chi connectivity index (χ2v) is 9.19. The molecule has 1 aromatic heterocycles. The first-order valence-electron chi connectivity index (χ1n) is 11.9. The van der Waals surface area contributed by atoms with Gasteiger partial charge in [-0.2, -0.15) is 0 Å². The van der Waals surface area contributed by atoms with Gasteiger partial charge in [-0.15, -0.1) is 0 Å². The molecule has 2 amide bonds. The van der Waals surface area contributed by atoms with Gasteiger partial charge in [0.25, 0.3) is 0 Å². The Labute approximate surface area is 180 Å². The van der Waals surface area contributed by atoms with Crippen molar-refractivity contribution in [2.45, 2.75) is 63.8 Å². The molecule has 1 aliphatic heterocycles. The number of rotatable bonds is 7. The van der Waals surface area contributed by atoms with E-state index in [0.29, 0.717) is 18.4 Å². The monoisotopic (exact) mass is 412 g/mol. The summed E-state index contributed by atoms with van der Waals surface area (Å²) < 4.78 is 0. The van der Waals surface area contributed by atoms with Crippen molar-refractivity contribution in [3.8, 4) is 0 Å². The lowest BCUT2D eigenvalue weighted by atomic mass is 9.94. The van der Waals surface area contributed by atoms with Crippen LogP contribution in [-0.4, -0.2) is 65.4 Å². The van der Waals surface area contributed by atoms with Gasteiger partial charge in [-0.3, -0.25) is 19.5 Å². The van der Waals surface area contributed by atoms with E-state index < -0.39 is 0 Å². The normalized spacial score (nSPS) is 22.3. The van der Waals surface area contributed by atoms with E-state index in [4.69, 9.17) is 0 Å². The summed E-state index contributed by atoms with van der Waals surface area (Å²) in [5.74, 6) is 1.20. The minimum absolute atomic E-state index is 0.0556. The molecular weight excluding hydrogens is 376 g/mol. The van der Waals surface area contributed by atoms with Gasteiger partial charge in [-0.05, 0) is 43.7 Å². The predicted molar refractivity (Wildman–Crippen MR) is 117 cm³/mol. The van der Waals surface area contributed by atoms with E-state index in [1.165, 1.54) is 25.7 Å². The van der Waals surface area contributed by atoms with E-state index in [0.717, 1.165) is 64.0 Å². The van der Waals surface area contributed by atoms with Crippen LogP contribution < -0.4 is 5.32 Å². The van der Waals surface area contributed by atoms with Gasteiger partial charge in [0.05, 0.1) is 6.04 Å². The maximum Gasteiger partial charge on any atom is 0.237 e. The summed E-state index contributed by atoms with van der Waals surface area (Å²) in [4.78, 5) is 34.7. The van der Waals surface area contributed by atoms with Crippen molar-refractivity contribution in [1.82, 2.24) is 20.1 Å². The van der Waals surface area contributed by atoms with Gasteiger partial charge in [0, 0.05) is 57.0 Å². The summed E-state index contributed by atoms with van der Waals surface area (Å²) in [7, 11) is 0. The second kappa shape index (κ2) is 10.4. The van der Waals surface area contributed by atoms with E-state index in [9.17, 15) is 9.59 Å². The smallest absolute Gasteiger partial charge is 0.237 e. The maximum atomic E-state index is 13.2. The van der Waals surface area contributed by atoms with Crippen LogP contribution in [0.1, 0.15) is 57.1 Å². The van der Waals surface area contributed by atoms with E-state index >= 15 is 0 Å². The van der Waals surface area contributed by atoms with Crippen LogP contribution in [0.2, 0.25) is 0 Å². The molecule has 1 atom stereocenters. The predicted octanol–water partition coefficient (Wildman–Crippen LogP) is 2.63. The number of hydrogen-bond acceptors (Lipinski definition) is 4. The lowest BCUT2D eigenvalue weighted by molar-refractivity contribution is -0.138. The fourth-order valence-electron chi connectivity index (χ4n) is 5.57. The molecule has 1 saturated heterocycles. The summed E-state index contributed by atoms with van der Waals surface area (Å²) in [5.41, 5.74) is 1.01. The molecule has 1 N–H and O–H groups in total. The molecule has 6 nitrogen and oxygen atoms in total. The maximum absolute atomic E-state index is 13.2. The van der Waals surface area contributed by atoms with E-state index in [2.05, 4.69) is 20.1 Å². The number of nitrogens with one attached hydrogen (secondary N) is 1. The number of carbonyl (C=O) groups excluding carboxylic acids is 2. The van der Waals surface area contributed by atoms with E-state index in [-0.39, 0.29) is 17.9 Å². The van der Waals surface area contributed by atoms with Crippen molar-refractivity contribution < 1.29 is 9.59 Å². The van der Waals surface area contributed by atoms with Crippen molar-refractivity contribution in [3.63, 3.8) is 0 Å². The number of nitrogens with zero attached hydrogens (tertiary/aromatic N) is 3. The van der Waals surface area contributed by atoms with Gasteiger partial charge in [0.2, 0.25) is 11.8 Å². The quantitative estimate of drug-likeness (QED) is 0.748. The molecule has 1 unspecified atom stereocenters. The number of aromatic nitrogens is 1. The summed E-state index contributed by atoms with van der Waals surface area (Å²) in [6.45, 7) is 3.78. The summed E-state index contributed by atoms with van der Waals surface area (Å²) >= 11 is 0. The molecule has 2 heterocycles. The van der Waals surface area contributed by atoms with Crippen LogP contribution in [-0.2, 0) is 16.0 Å². The van der Waals surface area contributed by atoms with Gasteiger partial charge in [0.1, 0.15) is 0 Å². The third kappa shape index (κ3) is 5.20. The molecule has 2 aliphatic carbocycles. The van der Waals surface area contributed by atoms with Crippen molar-refractivity contribution in [3.05, 3.63) is 30.1 Å². The number of amides is 2. The Morgan fingerprint density at radius 2 is 1.70 bits per heavy atom. The molecule has 0 aromatic carbocycles. The van der Waals surface area contributed by atoms with Crippen LogP contribution in [0.25, 0.3) is 0 Å². The van der Waals surface area contributed by atoms with Gasteiger partial charge in [0.15, 0.2) is 0 Å².